The first-order valence-electron chi connectivity index (χ1n) is 8.75. The molecule has 0 unspecified atom stereocenters. The first-order valence-corrected chi connectivity index (χ1v) is 9.63. The van der Waals surface area contributed by atoms with Gasteiger partial charge in [-0.15, -0.1) is 10.2 Å². The van der Waals surface area contributed by atoms with Gasteiger partial charge in [0.15, 0.2) is 5.16 Å². The first-order chi connectivity index (χ1) is 11.5. The van der Waals surface area contributed by atoms with Crippen LogP contribution in [0.15, 0.2) is 5.16 Å². The minimum Gasteiger partial charge on any atom is -0.326 e. The number of hydrogen-bond acceptors (Lipinski definition) is 5. The van der Waals surface area contributed by atoms with Crippen LogP contribution in [0.3, 0.4) is 0 Å². The Balaban J connectivity index is 1.71. The Labute approximate surface area is 147 Å². The molecule has 0 bridgehead atoms. The number of rotatable bonds is 5. The molecular formula is C17H25N5OS. The van der Waals surface area contributed by atoms with Crippen LogP contribution in [0.2, 0.25) is 0 Å². The van der Waals surface area contributed by atoms with Crippen molar-refractivity contribution in [2.75, 3.05) is 7.05 Å². The standard InChI is InChI=1S/C17H25N5OS/c1-12(24-16-20-19-13(2)22(16)14-7-8-14)15(23)21(3)17(11-18)9-5-4-6-10-17/h12,14H,4-10H2,1-3H3/t12-/m0/s1. The summed E-state index contributed by atoms with van der Waals surface area (Å²) in [6, 6.07) is 2.92. The third-order valence-corrected chi connectivity index (χ3v) is 6.28. The van der Waals surface area contributed by atoms with E-state index in [2.05, 4.69) is 20.8 Å². The van der Waals surface area contributed by atoms with Gasteiger partial charge in [0.1, 0.15) is 11.4 Å². The van der Waals surface area contributed by atoms with Gasteiger partial charge < -0.3 is 9.47 Å². The lowest BCUT2D eigenvalue weighted by Gasteiger charge is -2.40. The van der Waals surface area contributed by atoms with E-state index in [4.69, 9.17) is 0 Å². The van der Waals surface area contributed by atoms with Gasteiger partial charge in [-0.2, -0.15) is 5.26 Å². The fourth-order valence-electron chi connectivity index (χ4n) is 3.53. The summed E-state index contributed by atoms with van der Waals surface area (Å²) in [6.07, 6.45) is 7.06. The van der Waals surface area contributed by atoms with Crippen molar-refractivity contribution >= 4 is 17.7 Å². The number of aryl methyl sites for hydroxylation is 1. The monoisotopic (exact) mass is 347 g/mol. The Morgan fingerprint density at radius 1 is 1.38 bits per heavy atom. The van der Waals surface area contributed by atoms with E-state index in [1.807, 2.05) is 13.8 Å². The molecular weight excluding hydrogens is 322 g/mol. The van der Waals surface area contributed by atoms with Crippen LogP contribution in [0.5, 0.6) is 0 Å². The largest absolute Gasteiger partial charge is 0.326 e. The number of hydrogen-bond donors (Lipinski definition) is 0. The zero-order chi connectivity index (χ0) is 17.3. The van der Waals surface area contributed by atoms with Gasteiger partial charge in [0.05, 0.1) is 11.3 Å². The molecule has 0 aliphatic heterocycles. The highest BCUT2D eigenvalue weighted by Crippen LogP contribution is 2.40. The fraction of sp³-hybridized carbons (Fsp3) is 0.765. The number of amides is 1. The zero-order valence-electron chi connectivity index (χ0n) is 14.7. The molecule has 1 amide bonds. The highest BCUT2D eigenvalue weighted by Gasteiger charge is 2.40. The zero-order valence-corrected chi connectivity index (χ0v) is 15.5. The predicted molar refractivity (Wildman–Crippen MR) is 92.5 cm³/mol. The summed E-state index contributed by atoms with van der Waals surface area (Å²) in [5.74, 6) is 0.917. The molecule has 1 atom stereocenters. The van der Waals surface area contributed by atoms with E-state index in [1.165, 1.54) is 11.8 Å². The smallest absolute Gasteiger partial charge is 0.236 e. The molecule has 1 aromatic heterocycles. The summed E-state index contributed by atoms with van der Waals surface area (Å²) in [6.45, 7) is 3.86. The summed E-state index contributed by atoms with van der Waals surface area (Å²) in [5, 5.41) is 18.6. The van der Waals surface area contributed by atoms with E-state index in [1.54, 1.807) is 11.9 Å². The Kier molecular flexibility index (Phi) is 4.86. The maximum absolute atomic E-state index is 12.9. The van der Waals surface area contributed by atoms with E-state index >= 15 is 0 Å². The number of nitrogens with zero attached hydrogens (tertiary/aromatic N) is 5. The van der Waals surface area contributed by atoms with Crippen LogP contribution in [-0.2, 0) is 4.79 Å². The van der Waals surface area contributed by atoms with Crippen LogP contribution in [0.25, 0.3) is 0 Å². The lowest BCUT2D eigenvalue weighted by Crippen LogP contribution is -2.52. The summed E-state index contributed by atoms with van der Waals surface area (Å²) < 4.78 is 2.15. The van der Waals surface area contributed by atoms with Gasteiger partial charge in [0.25, 0.3) is 0 Å². The van der Waals surface area contributed by atoms with Crippen molar-refractivity contribution in [3.05, 3.63) is 5.82 Å². The molecule has 0 spiro atoms. The average molecular weight is 347 g/mol. The molecule has 2 fully saturated rings. The van der Waals surface area contributed by atoms with Crippen molar-refractivity contribution in [2.45, 2.75) is 80.8 Å². The number of aromatic nitrogens is 3. The average Bonchev–Trinajstić information content (AvgIpc) is 3.37. The fourth-order valence-corrected chi connectivity index (χ4v) is 4.59. The third kappa shape index (κ3) is 3.16. The first kappa shape index (κ1) is 17.3. The van der Waals surface area contributed by atoms with E-state index < -0.39 is 5.54 Å². The number of nitriles is 1. The number of carbonyl (C=O) groups is 1. The second kappa shape index (κ2) is 6.75. The van der Waals surface area contributed by atoms with Crippen molar-refractivity contribution in [1.29, 1.82) is 5.26 Å². The predicted octanol–water partition coefficient (Wildman–Crippen LogP) is 3.09. The normalized spacial score (nSPS) is 21.1. The van der Waals surface area contributed by atoms with Crippen molar-refractivity contribution in [2.24, 2.45) is 0 Å². The molecule has 0 aromatic carbocycles. The molecule has 2 aliphatic rings. The van der Waals surface area contributed by atoms with Gasteiger partial charge in [-0.05, 0) is 39.5 Å². The summed E-state index contributed by atoms with van der Waals surface area (Å²) in [5.41, 5.74) is -0.635. The van der Waals surface area contributed by atoms with Crippen LogP contribution < -0.4 is 0 Å². The Bertz CT molecular complexity index is 654. The Hall–Kier alpha value is -1.55. The van der Waals surface area contributed by atoms with Gasteiger partial charge in [0.2, 0.25) is 5.91 Å². The van der Waals surface area contributed by atoms with Gasteiger partial charge in [-0.1, -0.05) is 31.0 Å². The second-order valence-electron chi connectivity index (χ2n) is 6.99. The molecule has 130 valence electrons. The minimum atomic E-state index is -0.635. The number of carbonyl (C=O) groups excluding carboxylic acids is 1. The lowest BCUT2D eigenvalue weighted by atomic mass is 9.81. The van der Waals surface area contributed by atoms with Crippen molar-refractivity contribution in [3.8, 4) is 6.07 Å². The highest BCUT2D eigenvalue weighted by atomic mass is 32.2. The molecule has 24 heavy (non-hydrogen) atoms. The molecule has 1 aromatic rings. The summed E-state index contributed by atoms with van der Waals surface area (Å²) >= 11 is 1.46. The van der Waals surface area contributed by atoms with Crippen molar-refractivity contribution in [1.82, 2.24) is 19.7 Å². The number of thioether (sulfide) groups is 1. The van der Waals surface area contributed by atoms with Gasteiger partial charge in [-0.3, -0.25) is 4.79 Å². The second-order valence-corrected chi connectivity index (χ2v) is 8.30. The molecule has 0 saturated heterocycles. The van der Waals surface area contributed by atoms with Crippen molar-refractivity contribution in [3.63, 3.8) is 0 Å². The van der Waals surface area contributed by atoms with Gasteiger partial charge in [-0.25, -0.2) is 0 Å². The molecule has 2 saturated carbocycles. The molecule has 0 N–H and O–H groups in total. The third-order valence-electron chi connectivity index (χ3n) is 5.24. The van der Waals surface area contributed by atoms with Crippen LogP contribution >= 0.6 is 11.8 Å². The topological polar surface area (TPSA) is 74.8 Å². The minimum absolute atomic E-state index is 0.00597. The van der Waals surface area contributed by atoms with Crippen LogP contribution in [0.4, 0.5) is 0 Å². The van der Waals surface area contributed by atoms with Gasteiger partial charge in [0, 0.05) is 13.1 Å². The molecule has 0 radical (unpaired) electrons. The SMILES string of the molecule is Cc1nnc(S[C@@H](C)C(=O)N(C)C2(C#N)CCCCC2)n1C1CC1. The summed E-state index contributed by atoms with van der Waals surface area (Å²) in [7, 11) is 1.78. The van der Waals surface area contributed by atoms with Crippen LogP contribution in [0.1, 0.15) is 63.7 Å². The van der Waals surface area contributed by atoms with E-state index in [9.17, 15) is 10.1 Å². The van der Waals surface area contributed by atoms with Crippen molar-refractivity contribution < 1.29 is 4.79 Å². The quantitative estimate of drug-likeness (QED) is 0.765. The van der Waals surface area contributed by atoms with Crippen LogP contribution in [0, 0.1) is 18.3 Å². The molecule has 1 heterocycles. The lowest BCUT2D eigenvalue weighted by molar-refractivity contribution is -0.133. The molecule has 3 rings (SSSR count). The van der Waals surface area contributed by atoms with Crippen LogP contribution in [-0.4, -0.2) is 43.4 Å². The van der Waals surface area contributed by atoms with E-state index in [0.717, 1.165) is 55.9 Å². The van der Waals surface area contributed by atoms with E-state index in [0.29, 0.717) is 6.04 Å². The van der Waals surface area contributed by atoms with Gasteiger partial charge >= 0.3 is 0 Å². The molecule has 2 aliphatic carbocycles. The highest BCUT2D eigenvalue weighted by molar-refractivity contribution is 8.00. The Morgan fingerprint density at radius 2 is 2.04 bits per heavy atom. The molecule has 6 nitrogen and oxygen atoms in total. The maximum atomic E-state index is 12.9. The summed E-state index contributed by atoms with van der Waals surface area (Å²) in [4.78, 5) is 14.6. The van der Waals surface area contributed by atoms with E-state index in [-0.39, 0.29) is 11.2 Å². The Morgan fingerprint density at radius 3 is 2.62 bits per heavy atom. The maximum Gasteiger partial charge on any atom is 0.236 e. The molecule has 7 heteroatoms.